The van der Waals surface area contributed by atoms with Crippen LogP contribution < -0.4 is 5.32 Å². The van der Waals surface area contributed by atoms with Crippen LogP contribution >= 0.6 is 15.8 Å². The second-order valence-electron chi connectivity index (χ2n) is 7.68. The van der Waals surface area contributed by atoms with Gasteiger partial charge in [0.1, 0.15) is 6.61 Å². The summed E-state index contributed by atoms with van der Waals surface area (Å²) in [5, 5.41) is 3.29. The molecule has 2 fully saturated rings. The van der Waals surface area contributed by atoms with E-state index in [-0.39, 0.29) is 37.6 Å². The van der Waals surface area contributed by atoms with Crippen LogP contribution in [0.2, 0.25) is 0 Å². The van der Waals surface area contributed by atoms with Crippen LogP contribution in [0.4, 0.5) is 0 Å². The van der Waals surface area contributed by atoms with Crippen LogP contribution in [-0.4, -0.2) is 106 Å². The summed E-state index contributed by atoms with van der Waals surface area (Å²) < 4.78 is 53.6. The van der Waals surface area contributed by atoms with Crippen LogP contribution in [0.3, 0.4) is 0 Å². The van der Waals surface area contributed by atoms with E-state index in [2.05, 4.69) is 5.32 Å². The first kappa shape index (κ1) is 24.3. The maximum Gasteiger partial charge on any atom is 0.615 e. The van der Waals surface area contributed by atoms with Gasteiger partial charge >= 0.3 is 15.8 Å². The van der Waals surface area contributed by atoms with Crippen molar-refractivity contribution in [3.63, 3.8) is 0 Å². The SMILES string of the molecule is C[C@H]1CNC[C@@H](COP(=O)(N(C)C)N2C[C@@H](CO[P+](=O)N(C)C)O[C@@H](C)C2)O1. The molecule has 0 aromatic rings. The van der Waals surface area contributed by atoms with Crippen molar-refractivity contribution in [2.75, 3.05) is 67.6 Å². The summed E-state index contributed by atoms with van der Waals surface area (Å²) in [6.07, 6.45) is -0.528. The van der Waals surface area contributed by atoms with Crippen molar-refractivity contribution in [1.82, 2.24) is 19.3 Å². The minimum Gasteiger partial charge on any atom is -0.370 e. The molecule has 2 aliphatic rings. The molecule has 2 saturated heterocycles. The molecule has 2 rings (SSSR count). The predicted molar refractivity (Wildman–Crippen MR) is 108 cm³/mol. The Morgan fingerprint density at radius 1 is 1.07 bits per heavy atom. The maximum absolute atomic E-state index is 13.7. The van der Waals surface area contributed by atoms with Gasteiger partial charge in [0.05, 0.1) is 31.0 Å². The molecule has 10 nitrogen and oxygen atoms in total. The average Bonchev–Trinajstić information content (AvgIpc) is 2.63. The summed E-state index contributed by atoms with van der Waals surface area (Å²) in [5.74, 6) is 0. The van der Waals surface area contributed by atoms with E-state index in [1.54, 1.807) is 32.9 Å². The van der Waals surface area contributed by atoms with Crippen molar-refractivity contribution in [3.8, 4) is 0 Å². The zero-order valence-corrected chi connectivity index (χ0v) is 19.5. The van der Waals surface area contributed by atoms with Gasteiger partial charge in [0.2, 0.25) is 0 Å². The molecule has 1 N–H and O–H groups in total. The molecular weight excluding hydrogens is 406 g/mol. The summed E-state index contributed by atoms with van der Waals surface area (Å²) in [7, 11) is 1.71. The van der Waals surface area contributed by atoms with Gasteiger partial charge in [-0.3, -0.25) is 4.57 Å². The highest BCUT2D eigenvalue weighted by molar-refractivity contribution is 7.53. The van der Waals surface area contributed by atoms with E-state index >= 15 is 0 Å². The van der Waals surface area contributed by atoms with Crippen molar-refractivity contribution >= 4 is 15.8 Å². The second-order valence-corrected chi connectivity index (χ2v) is 11.8. The van der Waals surface area contributed by atoms with Gasteiger partial charge in [-0.2, -0.15) is 0 Å². The molecular formula is C16H35N4O6P2+. The fourth-order valence-electron chi connectivity index (χ4n) is 3.18. The second kappa shape index (κ2) is 10.9. The van der Waals surface area contributed by atoms with Gasteiger partial charge in [-0.15, -0.1) is 4.52 Å². The highest BCUT2D eigenvalue weighted by Gasteiger charge is 2.42. The van der Waals surface area contributed by atoms with E-state index in [0.717, 1.165) is 6.54 Å². The summed E-state index contributed by atoms with van der Waals surface area (Å²) >= 11 is 0. The van der Waals surface area contributed by atoms with Crippen LogP contribution in [0, 0.1) is 0 Å². The Labute approximate surface area is 169 Å². The van der Waals surface area contributed by atoms with E-state index < -0.39 is 15.8 Å². The Morgan fingerprint density at radius 2 is 1.75 bits per heavy atom. The molecule has 0 bridgehead atoms. The first-order valence-corrected chi connectivity index (χ1v) is 12.2. The fourth-order valence-corrected chi connectivity index (χ4v) is 5.79. The molecule has 0 aromatic carbocycles. The molecule has 6 atom stereocenters. The number of hydrogen-bond acceptors (Lipinski definition) is 7. The number of morpholine rings is 2. The number of nitrogens with zero attached hydrogens (tertiary/aromatic N) is 3. The van der Waals surface area contributed by atoms with Crippen LogP contribution in [0.5, 0.6) is 0 Å². The third-order valence-corrected chi connectivity index (χ3v) is 8.09. The number of nitrogens with one attached hydrogen (secondary N) is 1. The lowest BCUT2D eigenvalue weighted by Crippen LogP contribution is -2.49. The van der Waals surface area contributed by atoms with Crippen molar-refractivity contribution < 1.29 is 27.7 Å². The smallest absolute Gasteiger partial charge is 0.370 e. The monoisotopic (exact) mass is 441 g/mol. The average molecular weight is 441 g/mol. The topological polar surface area (TPSA) is 92.8 Å². The molecule has 0 saturated carbocycles. The van der Waals surface area contributed by atoms with E-state index in [0.29, 0.717) is 19.6 Å². The van der Waals surface area contributed by atoms with E-state index in [1.807, 2.05) is 18.5 Å². The quantitative estimate of drug-likeness (QED) is 0.529. The number of ether oxygens (including phenoxy) is 2. The highest BCUT2D eigenvalue weighted by Crippen LogP contribution is 2.53. The molecule has 0 aliphatic carbocycles. The molecule has 2 unspecified atom stereocenters. The number of rotatable bonds is 9. The van der Waals surface area contributed by atoms with Crippen molar-refractivity contribution in [2.45, 2.75) is 38.3 Å². The molecule has 0 spiro atoms. The summed E-state index contributed by atoms with van der Waals surface area (Å²) in [6, 6.07) is 0. The minimum atomic E-state index is -3.25. The molecule has 28 heavy (non-hydrogen) atoms. The van der Waals surface area contributed by atoms with Crippen molar-refractivity contribution in [1.29, 1.82) is 0 Å². The standard InChI is InChI=1S/C16H35N4O6P2/c1-13-7-17-8-15(25-13)12-24-28(22,19(5)6)20-9-14(2)26-16(10-20)11-23-27(21)18(3)4/h13-17H,7-12H2,1-6H3/q+1/t13-,14-,15-,16-,28?/m0/s1. The highest BCUT2D eigenvalue weighted by atomic mass is 31.2. The van der Waals surface area contributed by atoms with E-state index in [9.17, 15) is 9.13 Å². The van der Waals surface area contributed by atoms with Gasteiger partial charge < -0.3 is 19.3 Å². The fraction of sp³-hybridized carbons (Fsp3) is 1.00. The Bertz CT molecular complexity index is 567. The normalized spacial score (nSPS) is 32.5. The van der Waals surface area contributed by atoms with Crippen LogP contribution in [0.25, 0.3) is 0 Å². The Hall–Kier alpha value is 0.01000. The van der Waals surface area contributed by atoms with Gasteiger partial charge in [-0.25, -0.2) is 9.34 Å². The van der Waals surface area contributed by atoms with Crippen molar-refractivity contribution in [2.24, 2.45) is 0 Å². The van der Waals surface area contributed by atoms with E-state index in [1.165, 1.54) is 4.67 Å². The maximum atomic E-state index is 13.7. The first-order chi connectivity index (χ1) is 13.1. The van der Waals surface area contributed by atoms with Gasteiger partial charge in [0, 0.05) is 40.3 Å². The van der Waals surface area contributed by atoms with Gasteiger partial charge in [-0.1, -0.05) is 4.67 Å². The lowest BCUT2D eigenvalue weighted by Gasteiger charge is -2.42. The van der Waals surface area contributed by atoms with Gasteiger partial charge in [0.25, 0.3) is 0 Å². The lowest BCUT2D eigenvalue weighted by molar-refractivity contribution is -0.0790. The van der Waals surface area contributed by atoms with E-state index in [4.69, 9.17) is 18.5 Å². The predicted octanol–water partition coefficient (Wildman–Crippen LogP) is 1.37. The molecule has 12 heteroatoms. The lowest BCUT2D eigenvalue weighted by atomic mass is 10.2. The van der Waals surface area contributed by atoms with Gasteiger partial charge in [0.15, 0.2) is 0 Å². The largest absolute Gasteiger partial charge is 0.615 e. The third-order valence-electron chi connectivity index (χ3n) is 4.52. The molecule has 2 heterocycles. The zero-order chi connectivity index (χ0) is 20.9. The first-order valence-electron chi connectivity index (χ1n) is 9.58. The zero-order valence-electron chi connectivity index (χ0n) is 17.7. The summed E-state index contributed by atoms with van der Waals surface area (Å²) in [5.41, 5.74) is 0. The Kier molecular flexibility index (Phi) is 9.42. The van der Waals surface area contributed by atoms with Crippen LogP contribution in [0.1, 0.15) is 13.8 Å². The van der Waals surface area contributed by atoms with Crippen molar-refractivity contribution in [3.05, 3.63) is 0 Å². The summed E-state index contributed by atoms with van der Waals surface area (Å²) in [4.78, 5) is 0. The molecule has 0 aromatic heterocycles. The Morgan fingerprint density at radius 3 is 2.36 bits per heavy atom. The van der Waals surface area contributed by atoms with Gasteiger partial charge in [-0.05, 0) is 32.5 Å². The molecule has 0 amide bonds. The molecule has 164 valence electrons. The Balaban J connectivity index is 1.99. The minimum absolute atomic E-state index is 0.102. The van der Waals surface area contributed by atoms with Crippen LogP contribution in [0.15, 0.2) is 0 Å². The number of hydrogen-bond donors (Lipinski definition) is 1. The summed E-state index contributed by atoms with van der Waals surface area (Å²) in [6.45, 7) is 6.65. The molecule has 0 radical (unpaired) electrons. The third kappa shape index (κ3) is 6.77. The van der Waals surface area contributed by atoms with Crippen LogP contribution in [-0.2, 0) is 27.7 Å². The molecule has 2 aliphatic heterocycles.